The first-order valence-corrected chi connectivity index (χ1v) is 8.08. The first-order chi connectivity index (χ1) is 12.8. The highest BCUT2D eigenvalue weighted by Crippen LogP contribution is 2.27. The van der Waals surface area contributed by atoms with E-state index in [0.717, 1.165) is 22.5 Å². The molecule has 0 saturated heterocycles. The quantitative estimate of drug-likeness (QED) is 0.577. The second-order valence-electron chi connectivity index (χ2n) is 5.64. The summed E-state index contributed by atoms with van der Waals surface area (Å²) in [4.78, 5) is 13.1. The summed E-state index contributed by atoms with van der Waals surface area (Å²) in [5.41, 5.74) is 4.14. The minimum atomic E-state index is -0.0306. The first-order valence-electron chi connectivity index (χ1n) is 8.08. The van der Waals surface area contributed by atoms with Crippen molar-refractivity contribution in [2.24, 2.45) is 0 Å². The predicted molar refractivity (Wildman–Crippen MR) is 98.4 cm³/mol. The highest BCUT2D eigenvalue weighted by Gasteiger charge is 2.13. The molecule has 2 N–H and O–H groups in total. The lowest BCUT2D eigenvalue weighted by Crippen LogP contribution is -2.00. The lowest BCUT2D eigenvalue weighted by Gasteiger charge is -2.09. The topological polar surface area (TPSA) is 84.6 Å². The molecule has 0 bridgehead atoms. The van der Waals surface area contributed by atoms with E-state index < -0.39 is 0 Å². The van der Waals surface area contributed by atoms with Gasteiger partial charge in [-0.2, -0.15) is 0 Å². The van der Waals surface area contributed by atoms with Crippen LogP contribution in [-0.2, 0) is 6.61 Å². The van der Waals surface area contributed by atoms with Crippen LogP contribution in [0, 0.1) is 0 Å². The highest BCUT2D eigenvalue weighted by molar-refractivity contribution is 5.75. The molecule has 3 aromatic heterocycles. The van der Waals surface area contributed by atoms with Gasteiger partial charge in [0, 0.05) is 24.0 Å². The molecule has 7 nitrogen and oxygen atoms in total. The summed E-state index contributed by atoms with van der Waals surface area (Å²) in [6.07, 6.45) is 7.01. The van der Waals surface area contributed by atoms with Crippen molar-refractivity contribution in [3.8, 4) is 17.1 Å². The molecule has 0 aliphatic carbocycles. The number of pyridine rings is 1. The lowest BCUT2D eigenvalue weighted by molar-refractivity contribution is 0.282. The summed E-state index contributed by atoms with van der Waals surface area (Å²) in [5, 5.41) is 12.8. The third-order valence-corrected chi connectivity index (χ3v) is 4.10. The van der Waals surface area contributed by atoms with E-state index in [-0.39, 0.29) is 6.61 Å². The zero-order valence-electron chi connectivity index (χ0n) is 14.1. The number of benzene rings is 1. The monoisotopic (exact) mass is 347 g/mol. The van der Waals surface area contributed by atoms with Gasteiger partial charge in [0.1, 0.15) is 0 Å². The van der Waals surface area contributed by atoms with Gasteiger partial charge in [0.15, 0.2) is 11.5 Å². The maximum absolute atomic E-state index is 9.61. The Morgan fingerprint density at radius 1 is 1.08 bits per heavy atom. The van der Waals surface area contributed by atoms with E-state index >= 15 is 0 Å². The van der Waals surface area contributed by atoms with Crippen molar-refractivity contribution in [2.75, 3.05) is 12.4 Å². The van der Waals surface area contributed by atoms with Crippen LogP contribution in [0.5, 0.6) is 5.88 Å². The van der Waals surface area contributed by atoms with Crippen LogP contribution in [0.1, 0.15) is 5.56 Å². The third kappa shape index (κ3) is 2.84. The van der Waals surface area contributed by atoms with Crippen molar-refractivity contribution in [1.29, 1.82) is 0 Å². The smallest absolute Gasteiger partial charge is 0.213 e. The zero-order valence-corrected chi connectivity index (χ0v) is 14.1. The Bertz CT molecular complexity index is 1040. The molecule has 26 heavy (non-hydrogen) atoms. The minimum Gasteiger partial charge on any atom is -0.481 e. The van der Waals surface area contributed by atoms with Gasteiger partial charge >= 0.3 is 0 Å². The van der Waals surface area contributed by atoms with Crippen molar-refractivity contribution >= 4 is 17.2 Å². The fraction of sp³-hybridized carbons (Fsp3) is 0.105. The molecule has 0 amide bonds. The van der Waals surface area contributed by atoms with E-state index in [2.05, 4.69) is 20.3 Å². The fourth-order valence-corrected chi connectivity index (χ4v) is 2.83. The second kappa shape index (κ2) is 6.81. The average molecular weight is 347 g/mol. The lowest BCUT2D eigenvalue weighted by atomic mass is 10.1. The normalized spacial score (nSPS) is 10.8. The van der Waals surface area contributed by atoms with Gasteiger partial charge in [-0.25, -0.2) is 15.0 Å². The number of hydrogen-bond acceptors (Lipinski definition) is 6. The van der Waals surface area contributed by atoms with E-state index in [1.165, 1.54) is 0 Å². The summed E-state index contributed by atoms with van der Waals surface area (Å²) < 4.78 is 7.02. The highest BCUT2D eigenvalue weighted by atomic mass is 16.5. The second-order valence-corrected chi connectivity index (χ2v) is 5.64. The molecule has 0 radical (unpaired) electrons. The number of methoxy groups -OCH3 is 1. The van der Waals surface area contributed by atoms with E-state index in [1.807, 2.05) is 40.9 Å². The predicted octanol–water partition coefficient (Wildman–Crippen LogP) is 3.04. The van der Waals surface area contributed by atoms with Gasteiger partial charge in [-0.1, -0.05) is 24.3 Å². The third-order valence-electron chi connectivity index (χ3n) is 4.10. The SMILES string of the molecule is COc1ccc(Nc2nccn3c(-c4ccccc4CO)cnc23)cn1. The molecule has 0 aliphatic rings. The number of ether oxygens (including phenoxy) is 1. The van der Waals surface area contributed by atoms with Crippen LogP contribution in [-0.4, -0.2) is 31.6 Å². The molecule has 3 heterocycles. The van der Waals surface area contributed by atoms with Gasteiger partial charge in [-0.15, -0.1) is 0 Å². The molecule has 0 atom stereocenters. The Balaban J connectivity index is 1.75. The fourth-order valence-electron chi connectivity index (χ4n) is 2.83. The molecule has 0 unspecified atom stereocenters. The number of rotatable bonds is 5. The zero-order chi connectivity index (χ0) is 17.9. The van der Waals surface area contributed by atoms with Crippen molar-refractivity contribution in [3.05, 3.63) is 66.7 Å². The van der Waals surface area contributed by atoms with E-state index in [4.69, 9.17) is 4.74 Å². The number of anilines is 2. The van der Waals surface area contributed by atoms with Crippen LogP contribution in [0.2, 0.25) is 0 Å². The van der Waals surface area contributed by atoms with Crippen LogP contribution in [0.3, 0.4) is 0 Å². The number of hydrogen-bond donors (Lipinski definition) is 2. The van der Waals surface area contributed by atoms with Crippen LogP contribution in [0.15, 0.2) is 61.2 Å². The van der Waals surface area contributed by atoms with Gasteiger partial charge in [-0.3, -0.25) is 4.40 Å². The Kier molecular flexibility index (Phi) is 4.20. The van der Waals surface area contributed by atoms with E-state index in [1.54, 1.807) is 31.8 Å². The summed E-state index contributed by atoms with van der Waals surface area (Å²) >= 11 is 0. The number of nitrogens with one attached hydrogen (secondary N) is 1. The largest absolute Gasteiger partial charge is 0.481 e. The molecular weight excluding hydrogens is 330 g/mol. The molecule has 0 fully saturated rings. The summed E-state index contributed by atoms with van der Waals surface area (Å²) in [6.45, 7) is -0.0306. The van der Waals surface area contributed by atoms with Gasteiger partial charge < -0.3 is 15.2 Å². The molecule has 0 saturated carbocycles. The Hall–Kier alpha value is -3.45. The van der Waals surface area contributed by atoms with Gasteiger partial charge in [-0.05, 0) is 11.6 Å². The van der Waals surface area contributed by atoms with Crippen LogP contribution < -0.4 is 10.1 Å². The van der Waals surface area contributed by atoms with E-state index in [9.17, 15) is 5.11 Å². The Morgan fingerprint density at radius 3 is 2.73 bits per heavy atom. The molecule has 0 aliphatic heterocycles. The first kappa shape index (κ1) is 16.0. The molecule has 4 rings (SSSR count). The molecular formula is C19H17N5O2. The average Bonchev–Trinajstić information content (AvgIpc) is 3.13. The van der Waals surface area contributed by atoms with E-state index in [0.29, 0.717) is 17.3 Å². The molecule has 130 valence electrons. The van der Waals surface area contributed by atoms with Crippen molar-refractivity contribution in [1.82, 2.24) is 19.4 Å². The number of imidazole rings is 1. The van der Waals surface area contributed by atoms with Gasteiger partial charge in [0.25, 0.3) is 0 Å². The van der Waals surface area contributed by atoms with Crippen molar-refractivity contribution in [3.63, 3.8) is 0 Å². The van der Waals surface area contributed by atoms with Crippen LogP contribution >= 0.6 is 0 Å². The minimum absolute atomic E-state index is 0.0306. The number of fused-ring (bicyclic) bond motifs is 1. The maximum Gasteiger partial charge on any atom is 0.213 e. The van der Waals surface area contributed by atoms with Gasteiger partial charge in [0.2, 0.25) is 5.88 Å². The number of aliphatic hydroxyl groups excluding tert-OH is 1. The molecule has 1 aromatic carbocycles. The molecule has 0 spiro atoms. The molecule has 7 heteroatoms. The van der Waals surface area contributed by atoms with Crippen LogP contribution in [0.4, 0.5) is 11.5 Å². The van der Waals surface area contributed by atoms with Crippen molar-refractivity contribution in [2.45, 2.75) is 6.61 Å². The van der Waals surface area contributed by atoms with Crippen LogP contribution in [0.25, 0.3) is 16.9 Å². The number of aromatic nitrogens is 4. The molecule has 4 aromatic rings. The Morgan fingerprint density at radius 2 is 1.96 bits per heavy atom. The summed E-state index contributed by atoms with van der Waals surface area (Å²) in [5.74, 6) is 1.16. The number of aliphatic hydroxyl groups is 1. The van der Waals surface area contributed by atoms with Gasteiger partial charge in [0.05, 0.1) is 37.5 Å². The standard InChI is InChI=1S/C19H17N5O2/c1-26-17-7-6-14(10-21-17)23-18-19-22-11-16(24(19)9-8-20-18)15-5-3-2-4-13(15)12-25/h2-11,25H,12H2,1H3,(H,20,23). The maximum atomic E-state index is 9.61. The Labute approximate surface area is 150 Å². The number of nitrogens with zero attached hydrogens (tertiary/aromatic N) is 4. The van der Waals surface area contributed by atoms with Crippen molar-refractivity contribution < 1.29 is 9.84 Å². The summed E-state index contributed by atoms with van der Waals surface area (Å²) in [7, 11) is 1.58. The summed E-state index contributed by atoms with van der Waals surface area (Å²) in [6, 6.07) is 11.4.